The van der Waals surface area contributed by atoms with Crippen molar-refractivity contribution in [1.82, 2.24) is 9.80 Å². The zero-order valence-corrected chi connectivity index (χ0v) is 14.5. The van der Waals surface area contributed by atoms with Gasteiger partial charge in [0.05, 0.1) is 6.61 Å². The maximum atomic E-state index is 12.2. The van der Waals surface area contributed by atoms with Gasteiger partial charge in [-0.3, -0.25) is 9.80 Å². The molecule has 4 rings (SSSR count). The van der Waals surface area contributed by atoms with Crippen molar-refractivity contribution >= 4 is 16.9 Å². The van der Waals surface area contributed by atoms with Gasteiger partial charge in [0.2, 0.25) is 12.6 Å². The van der Waals surface area contributed by atoms with Crippen molar-refractivity contribution in [2.45, 2.75) is 0 Å². The van der Waals surface area contributed by atoms with E-state index in [9.17, 15) is 4.79 Å². The van der Waals surface area contributed by atoms with E-state index in [0.717, 1.165) is 31.6 Å². The summed E-state index contributed by atoms with van der Waals surface area (Å²) < 4.78 is 21.6. The molecule has 2 aliphatic rings. The summed E-state index contributed by atoms with van der Waals surface area (Å²) in [6.45, 7) is 5.78. The van der Waals surface area contributed by atoms with Crippen molar-refractivity contribution in [2.24, 2.45) is 0 Å². The number of carbonyl (C=O) groups excluding carboxylic acids is 1. The number of aliphatic hydroxyl groups excluding tert-OH is 1. The molecule has 1 N–H and O–H groups in total. The number of hydrogen-bond donors (Lipinski definition) is 1. The van der Waals surface area contributed by atoms with Crippen molar-refractivity contribution in [3.05, 3.63) is 24.0 Å². The van der Waals surface area contributed by atoms with Gasteiger partial charge >= 0.3 is 5.97 Å². The van der Waals surface area contributed by atoms with Gasteiger partial charge in [-0.2, -0.15) is 0 Å². The summed E-state index contributed by atoms with van der Waals surface area (Å²) in [4.78, 5) is 16.7. The number of fused-ring (bicyclic) bond motifs is 2. The number of ether oxygens (including phenoxy) is 3. The Morgan fingerprint density at radius 1 is 1.04 bits per heavy atom. The number of rotatable bonds is 6. The molecule has 0 aliphatic carbocycles. The van der Waals surface area contributed by atoms with Crippen LogP contribution in [0.25, 0.3) is 11.0 Å². The summed E-state index contributed by atoms with van der Waals surface area (Å²) in [5.74, 6) is 0.976. The Hall–Kier alpha value is -2.29. The van der Waals surface area contributed by atoms with E-state index in [-0.39, 0.29) is 19.2 Å². The molecule has 3 heterocycles. The molecule has 0 bridgehead atoms. The van der Waals surface area contributed by atoms with E-state index in [4.69, 9.17) is 23.7 Å². The van der Waals surface area contributed by atoms with E-state index in [2.05, 4.69) is 9.80 Å². The molecule has 1 aromatic heterocycles. The zero-order chi connectivity index (χ0) is 17.9. The first kappa shape index (κ1) is 17.1. The number of piperazine rings is 1. The number of aliphatic hydroxyl groups is 1. The quantitative estimate of drug-likeness (QED) is 0.760. The predicted octanol–water partition coefficient (Wildman–Crippen LogP) is 0.928. The number of carbonyl (C=O) groups is 1. The smallest absolute Gasteiger partial charge is 0.374 e. The lowest BCUT2D eigenvalue weighted by Gasteiger charge is -2.34. The second-order valence-corrected chi connectivity index (χ2v) is 6.40. The summed E-state index contributed by atoms with van der Waals surface area (Å²) >= 11 is 0. The van der Waals surface area contributed by atoms with E-state index in [1.54, 1.807) is 18.2 Å². The number of β-amino-alcohol motifs (C(OH)–C–C–N with tert-alkyl or cyclic N) is 1. The molecule has 2 aromatic rings. The van der Waals surface area contributed by atoms with Crippen molar-refractivity contribution < 1.29 is 28.5 Å². The number of furan rings is 1. The third kappa shape index (κ3) is 3.62. The molecule has 0 unspecified atom stereocenters. The standard InChI is InChI=1S/C18H22N2O6/c21-7-5-19-1-3-20(4-2-19)6-8-23-18(22)17-10-13-9-15-16(25-12-24-15)11-14(13)26-17/h9-11,21H,1-8,12H2. The second-order valence-electron chi connectivity index (χ2n) is 6.40. The van der Waals surface area contributed by atoms with Crippen LogP contribution in [-0.2, 0) is 4.74 Å². The summed E-state index contributed by atoms with van der Waals surface area (Å²) in [5.41, 5.74) is 0.571. The summed E-state index contributed by atoms with van der Waals surface area (Å²) in [5, 5.41) is 9.74. The molecular formula is C18H22N2O6. The van der Waals surface area contributed by atoms with Crippen LogP contribution in [0.15, 0.2) is 22.6 Å². The topological polar surface area (TPSA) is 84.6 Å². The summed E-state index contributed by atoms with van der Waals surface area (Å²) in [6.07, 6.45) is 0. The van der Waals surface area contributed by atoms with Gasteiger partial charge in [-0.25, -0.2) is 4.79 Å². The van der Waals surface area contributed by atoms with E-state index >= 15 is 0 Å². The molecule has 0 radical (unpaired) electrons. The molecule has 1 aromatic carbocycles. The van der Waals surface area contributed by atoms with Crippen LogP contribution in [0.4, 0.5) is 0 Å². The van der Waals surface area contributed by atoms with Gasteiger partial charge in [-0.05, 0) is 12.1 Å². The van der Waals surface area contributed by atoms with E-state index in [0.29, 0.717) is 36.8 Å². The number of hydrogen-bond acceptors (Lipinski definition) is 8. The minimum Gasteiger partial charge on any atom is -0.458 e. The zero-order valence-electron chi connectivity index (χ0n) is 14.5. The van der Waals surface area contributed by atoms with Gasteiger partial charge < -0.3 is 23.7 Å². The van der Waals surface area contributed by atoms with Gasteiger partial charge in [0, 0.05) is 50.7 Å². The average Bonchev–Trinajstić information content (AvgIpc) is 3.27. The predicted molar refractivity (Wildman–Crippen MR) is 92.6 cm³/mol. The fourth-order valence-electron chi connectivity index (χ4n) is 3.25. The first-order valence-corrected chi connectivity index (χ1v) is 8.79. The molecule has 2 aliphatic heterocycles. The van der Waals surface area contributed by atoms with Gasteiger partial charge in [-0.15, -0.1) is 0 Å². The normalized spacial score (nSPS) is 17.7. The molecule has 8 nitrogen and oxygen atoms in total. The second kappa shape index (κ2) is 7.53. The fourth-order valence-corrected chi connectivity index (χ4v) is 3.25. The van der Waals surface area contributed by atoms with Crippen molar-refractivity contribution in [3.8, 4) is 11.5 Å². The lowest BCUT2D eigenvalue weighted by Crippen LogP contribution is -2.48. The lowest BCUT2D eigenvalue weighted by molar-refractivity contribution is 0.0384. The van der Waals surface area contributed by atoms with Crippen LogP contribution in [0.5, 0.6) is 11.5 Å². The van der Waals surface area contributed by atoms with Crippen LogP contribution in [-0.4, -0.2) is 80.2 Å². The van der Waals surface area contributed by atoms with Crippen LogP contribution in [0.1, 0.15) is 10.6 Å². The Kier molecular flexibility index (Phi) is 4.96. The highest BCUT2D eigenvalue weighted by Crippen LogP contribution is 2.37. The molecule has 1 fully saturated rings. The van der Waals surface area contributed by atoms with E-state index in [1.165, 1.54) is 0 Å². The third-order valence-corrected chi connectivity index (χ3v) is 4.73. The first-order valence-electron chi connectivity index (χ1n) is 8.79. The van der Waals surface area contributed by atoms with Crippen LogP contribution in [0, 0.1) is 0 Å². The molecule has 26 heavy (non-hydrogen) atoms. The molecular weight excluding hydrogens is 340 g/mol. The van der Waals surface area contributed by atoms with Gasteiger partial charge in [0.15, 0.2) is 11.5 Å². The van der Waals surface area contributed by atoms with E-state index < -0.39 is 5.97 Å². The molecule has 1 saturated heterocycles. The highest BCUT2D eigenvalue weighted by Gasteiger charge is 2.20. The van der Waals surface area contributed by atoms with Crippen LogP contribution in [0.3, 0.4) is 0 Å². The third-order valence-electron chi connectivity index (χ3n) is 4.73. The summed E-state index contributed by atoms with van der Waals surface area (Å²) in [7, 11) is 0. The summed E-state index contributed by atoms with van der Waals surface area (Å²) in [6, 6.07) is 5.18. The number of benzene rings is 1. The molecule has 0 amide bonds. The largest absolute Gasteiger partial charge is 0.458 e. The molecule has 8 heteroatoms. The van der Waals surface area contributed by atoms with Gasteiger partial charge in [-0.1, -0.05) is 0 Å². The SMILES string of the molecule is O=C(OCCN1CCN(CCO)CC1)c1cc2cc3c(cc2o1)OCO3. The van der Waals surface area contributed by atoms with Crippen molar-refractivity contribution in [1.29, 1.82) is 0 Å². The Morgan fingerprint density at radius 2 is 1.73 bits per heavy atom. The molecule has 140 valence electrons. The van der Waals surface area contributed by atoms with Gasteiger partial charge in [0.25, 0.3) is 0 Å². The lowest BCUT2D eigenvalue weighted by atomic mass is 10.2. The van der Waals surface area contributed by atoms with Crippen molar-refractivity contribution in [3.63, 3.8) is 0 Å². The minimum atomic E-state index is -0.470. The highest BCUT2D eigenvalue weighted by atomic mass is 16.7. The highest BCUT2D eigenvalue weighted by molar-refractivity contribution is 5.93. The van der Waals surface area contributed by atoms with Crippen molar-refractivity contribution in [2.75, 3.05) is 59.3 Å². The average molecular weight is 362 g/mol. The van der Waals surface area contributed by atoms with Crippen LogP contribution >= 0.6 is 0 Å². The molecule has 0 atom stereocenters. The van der Waals surface area contributed by atoms with Gasteiger partial charge in [0.1, 0.15) is 12.2 Å². The monoisotopic (exact) mass is 362 g/mol. The Morgan fingerprint density at radius 3 is 2.46 bits per heavy atom. The maximum absolute atomic E-state index is 12.2. The Labute approximate surface area is 150 Å². The molecule has 0 saturated carbocycles. The Bertz CT molecular complexity index is 740. The van der Waals surface area contributed by atoms with Crippen LogP contribution < -0.4 is 9.47 Å². The fraction of sp³-hybridized carbons (Fsp3) is 0.500. The minimum absolute atomic E-state index is 0.177. The molecule has 0 spiro atoms. The maximum Gasteiger partial charge on any atom is 0.374 e. The van der Waals surface area contributed by atoms with E-state index in [1.807, 2.05) is 0 Å². The van der Waals surface area contributed by atoms with Crippen LogP contribution in [0.2, 0.25) is 0 Å². The number of esters is 1. The number of nitrogens with zero attached hydrogens (tertiary/aromatic N) is 2. The Balaban J connectivity index is 1.28. The first-order chi connectivity index (χ1) is 12.7.